The molecule has 36 heavy (non-hydrogen) atoms. The number of methoxy groups -OCH3 is 1. The van der Waals surface area contributed by atoms with Crippen LogP contribution in [0, 0.1) is 17.8 Å². The number of hydrogen-bond donors (Lipinski definition) is 2. The van der Waals surface area contributed by atoms with Crippen molar-refractivity contribution >= 4 is 34.3 Å². The molecule has 0 aliphatic heterocycles. The maximum Gasteiger partial charge on any atom is 0.280 e. The van der Waals surface area contributed by atoms with Gasteiger partial charge in [-0.3, -0.25) is 20.1 Å². The Morgan fingerprint density at radius 1 is 1.28 bits per heavy atom. The Hall–Kier alpha value is -4.24. The number of nitrogens with two attached hydrogens (primary N) is 1. The largest absolute Gasteiger partial charge is 0.494 e. The van der Waals surface area contributed by atoms with Gasteiger partial charge in [0, 0.05) is 47.8 Å². The lowest BCUT2D eigenvalue weighted by molar-refractivity contribution is 0.102. The molecule has 0 bridgehead atoms. The van der Waals surface area contributed by atoms with Gasteiger partial charge < -0.3 is 10.5 Å². The number of halogens is 2. The molecule has 0 unspecified atom stereocenters. The van der Waals surface area contributed by atoms with Gasteiger partial charge in [-0.05, 0) is 37.0 Å². The van der Waals surface area contributed by atoms with E-state index in [9.17, 15) is 13.6 Å². The highest BCUT2D eigenvalue weighted by Crippen LogP contribution is 2.35. The molecule has 1 aliphatic rings. The summed E-state index contributed by atoms with van der Waals surface area (Å²) < 4.78 is 32.2. The molecule has 1 saturated carbocycles. The summed E-state index contributed by atoms with van der Waals surface area (Å²) in [6.07, 6.45) is 4.96. The third-order valence-corrected chi connectivity index (χ3v) is 5.82. The SMILES string of the molecule is CN=C/C=C(\N)c1cnc(C(=O)Nc2nnc(C#CC3CC3)s2)c(-c2cc(C(F)F)ncc2OC)c1. The second-order valence-corrected chi connectivity index (χ2v) is 8.65. The van der Waals surface area contributed by atoms with Gasteiger partial charge in [0.05, 0.1) is 13.3 Å². The Morgan fingerprint density at radius 2 is 2.08 bits per heavy atom. The Balaban J connectivity index is 1.75. The average Bonchev–Trinajstić information content (AvgIpc) is 3.62. The highest BCUT2D eigenvalue weighted by atomic mass is 32.1. The minimum atomic E-state index is -2.83. The fraction of sp³-hybridized carbons (Fsp3) is 0.250. The van der Waals surface area contributed by atoms with Gasteiger partial charge in [0.1, 0.15) is 17.1 Å². The van der Waals surface area contributed by atoms with E-state index in [1.165, 1.54) is 25.7 Å². The van der Waals surface area contributed by atoms with Crippen molar-refractivity contribution in [3.05, 3.63) is 52.6 Å². The predicted molar refractivity (Wildman–Crippen MR) is 133 cm³/mol. The van der Waals surface area contributed by atoms with Gasteiger partial charge in [-0.15, -0.1) is 10.2 Å². The van der Waals surface area contributed by atoms with E-state index in [2.05, 4.69) is 42.3 Å². The van der Waals surface area contributed by atoms with Gasteiger partial charge in [-0.2, -0.15) is 0 Å². The van der Waals surface area contributed by atoms with E-state index in [1.54, 1.807) is 19.2 Å². The van der Waals surface area contributed by atoms with Crippen molar-refractivity contribution < 1.29 is 18.3 Å². The summed E-state index contributed by atoms with van der Waals surface area (Å²) in [7, 11) is 2.96. The first-order chi connectivity index (χ1) is 17.4. The summed E-state index contributed by atoms with van der Waals surface area (Å²) in [5.74, 6) is 5.99. The topological polar surface area (TPSA) is 128 Å². The van der Waals surface area contributed by atoms with Crippen molar-refractivity contribution in [2.24, 2.45) is 16.6 Å². The van der Waals surface area contributed by atoms with E-state index in [0.717, 1.165) is 30.2 Å². The third-order valence-electron chi connectivity index (χ3n) is 5.07. The number of aromatic nitrogens is 4. The number of hydrogen-bond acceptors (Lipinski definition) is 9. The van der Waals surface area contributed by atoms with Gasteiger partial charge in [-0.25, -0.2) is 13.8 Å². The van der Waals surface area contributed by atoms with E-state index >= 15 is 0 Å². The van der Waals surface area contributed by atoms with Crippen molar-refractivity contribution in [2.45, 2.75) is 19.3 Å². The van der Waals surface area contributed by atoms with E-state index in [4.69, 9.17) is 10.5 Å². The highest BCUT2D eigenvalue weighted by Gasteiger charge is 2.23. The van der Waals surface area contributed by atoms with Crippen molar-refractivity contribution in [3.63, 3.8) is 0 Å². The number of ether oxygens (including phenoxy) is 1. The second kappa shape index (κ2) is 11.0. The van der Waals surface area contributed by atoms with Crippen molar-refractivity contribution in [2.75, 3.05) is 19.5 Å². The number of aliphatic imine (C=N–C) groups is 1. The summed E-state index contributed by atoms with van der Waals surface area (Å²) in [6.45, 7) is 0. The lowest BCUT2D eigenvalue weighted by atomic mass is 9.99. The monoisotopic (exact) mass is 509 g/mol. The van der Waals surface area contributed by atoms with Crippen LogP contribution in [0.2, 0.25) is 0 Å². The van der Waals surface area contributed by atoms with Gasteiger partial charge in [-0.1, -0.05) is 17.3 Å². The quantitative estimate of drug-likeness (QED) is 0.364. The number of alkyl halides is 2. The predicted octanol–water partition coefficient (Wildman–Crippen LogP) is 3.96. The Kier molecular flexibility index (Phi) is 7.60. The van der Waals surface area contributed by atoms with E-state index in [0.29, 0.717) is 22.2 Å². The van der Waals surface area contributed by atoms with Crippen LogP contribution in [0.3, 0.4) is 0 Å². The summed E-state index contributed by atoms with van der Waals surface area (Å²) in [5.41, 5.74) is 6.77. The summed E-state index contributed by atoms with van der Waals surface area (Å²) in [6, 6.07) is 2.72. The second-order valence-electron chi connectivity index (χ2n) is 7.67. The van der Waals surface area contributed by atoms with Gasteiger partial charge in [0.25, 0.3) is 12.3 Å². The lowest BCUT2D eigenvalue weighted by Crippen LogP contribution is -2.16. The molecule has 0 saturated heterocycles. The van der Waals surface area contributed by atoms with Crippen LogP contribution >= 0.6 is 11.3 Å². The molecule has 1 amide bonds. The molecule has 0 aromatic carbocycles. The number of anilines is 1. The lowest BCUT2D eigenvalue weighted by Gasteiger charge is -2.14. The Morgan fingerprint density at radius 3 is 2.78 bits per heavy atom. The molecule has 0 spiro atoms. The molecular formula is C24H21F2N7O2S. The smallest absolute Gasteiger partial charge is 0.280 e. The molecule has 4 rings (SSSR count). The van der Waals surface area contributed by atoms with Gasteiger partial charge in [0.15, 0.2) is 5.01 Å². The molecule has 3 heterocycles. The highest BCUT2D eigenvalue weighted by molar-refractivity contribution is 7.15. The molecule has 0 atom stereocenters. The van der Waals surface area contributed by atoms with Crippen molar-refractivity contribution in [3.8, 4) is 28.7 Å². The molecular weight excluding hydrogens is 488 g/mol. The zero-order valence-electron chi connectivity index (χ0n) is 19.3. The Labute approximate surface area is 209 Å². The minimum absolute atomic E-state index is 0.0544. The normalized spacial score (nSPS) is 13.5. The molecule has 3 N–H and O–H groups in total. The molecule has 3 aromatic heterocycles. The molecule has 0 radical (unpaired) electrons. The minimum Gasteiger partial charge on any atom is -0.494 e. The summed E-state index contributed by atoms with van der Waals surface area (Å²) >= 11 is 1.13. The Bertz CT molecular complexity index is 1400. The number of nitrogens with zero attached hydrogens (tertiary/aromatic N) is 5. The molecule has 1 fully saturated rings. The maximum atomic E-state index is 13.4. The number of rotatable bonds is 7. The van der Waals surface area contributed by atoms with E-state index in [-0.39, 0.29) is 27.7 Å². The zero-order chi connectivity index (χ0) is 25.7. The van der Waals surface area contributed by atoms with Gasteiger partial charge >= 0.3 is 0 Å². The fourth-order valence-electron chi connectivity index (χ4n) is 3.08. The summed E-state index contributed by atoms with van der Waals surface area (Å²) in [5, 5.41) is 11.3. The number of carbonyl (C=O) groups excluding carboxylic acids is 1. The average molecular weight is 510 g/mol. The van der Waals surface area contributed by atoms with Crippen molar-refractivity contribution in [1.82, 2.24) is 20.2 Å². The first-order valence-corrected chi connectivity index (χ1v) is 11.6. The molecule has 3 aromatic rings. The van der Waals surface area contributed by atoms with E-state index in [1.807, 2.05) is 0 Å². The maximum absolute atomic E-state index is 13.4. The van der Waals surface area contributed by atoms with E-state index < -0.39 is 18.0 Å². The molecule has 184 valence electrons. The first-order valence-electron chi connectivity index (χ1n) is 10.8. The van der Waals surface area contributed by atoms with Crippen LogP contribution in [-0.4, -0.2) is 46.4 Å². The van der Waals surface area contributed by atoms with Crippen LogP contribution in [0.4, 0.5) is 13.9 Å². The van der Waals surface area contributed by atoms with Crippen LogP contribution in [0.1, 0.15) is 46.0 Å². The number of amides is 1. The van der Waals surface area contributed by atoms with Crippen LogP contribution < -0.4 is 15.8 Å². The van der Waals surface area contributed by atoms with Crippen LogP contribution in [-0.2, 0) is 0 Å². The number of nitrogens with one attached hydrogen (secondary N) is 1. The van der Waals surface area contributed by atoms with Gasteiger partial charge in [0.2, 0.25) is 5.13 Å². The van der Waals surface area contributed by atoms with Crippen molar-refractivity contribution in [1.29, 1.82) is 0 Å². The molecule has 9 nitrogen and oxygen atoms in total. The summed E-state index contributed by atoms with van der Waals surface area (Å²) in [4.78, 5) is 25.1. The molecule has 12 heteroatoms. The van der Waals surface area contributed by atoms with Crippen LogP contribution in [0.5, 0.6) is 5.75 Å². The fourth-order valence-corrected chi connectivity index (χ4v) is 3.68. The van der Waals surface area contributed by atoms with Crippen LogP contribution in [0.15, 0.2) is 35.6 Å². The number of pyridine rings is 2. The number of allylic oxidation sites excluding steroid dienone is 1. The third kappa shape index (κ3) is 5.87. The first kappa shape index (κ1) is 24.9. The number of carbonyl (C=O) groups is 1. The standard InChI is InChI=1S/C24H21F2N7O2S/c1-28-8-7-17(27)14-9-16(15-10-18(22(25)26)29-12-19(15)35-2)21(30-11-14)23(34)31-24-33-32-20(36-24)6-5-13-3-4-13/h7-13,22H,3-4,27H2,1-2H3,(H,31,33,34)/b17-7-,28-8?. The zero-order valence-corrected chi connectivity index (χ0v) is 20.1. The molecule has 1 aliphatic carbocycles. The van der Waals surface area contributed by atoms with Crippen LogP contribution in [0.25, 0.3) is 16.8 Å².